The van der Waals surface area contributed by atoms with Gasteiger partial charge in [-0.3, -0.25) is 0 Å². The summed E-state index contributed by atoms with van der Waals surface area (Å²) in [6.07, 6.45) is 0.926. The average molecular weight is 218 g/mol. The Bertz CT molecular complexity index is 364. The minimum atomic E-state index is -0.164. The summed E-state index contributed by atoms with van der Waals surface area (Å²) in [6.45, 7) is 8.65. The molecule has 0 bridgehead atoms. The van der Waals surface area contributed by atoms with Gasteiger partial charge in [-0.05, 0) is 34.8 Å². The largest absolute Gasteiger partial charge is 0.392 e. The van der Waals surface area contributed by atoms with E-state index < -0.39 is 0 Å². The second-order valence-electron chi connectivity index (χ2n) is 5.70. The smallest absolute Gasteiger partial charge is 0.0628 e. The lowest BCUT2D eigenvalue weighted by Crippen LogP contribution is -2.54. The second-order valence-corrected chi connectivity index (χ2v) is 5.70. The third-order valence-electron chi connectivity index (χ3n) is 4.33. The molecule has 1 aliphatic rings. The van der Waals surface area contributed by atoms with Crippen LogP contribution in [0.5, 0.6) is 0 Å². The van der Waals surface area contributed by atoms with E-state index in [1.165, 1.54) is 11.1 Å². The highest BCUT2D eigenvalue weighted by atomic mass is 16.3. The van der Waals surface area contributed by atoms with Crippen LogP contribution in [0.3, 0.4) is 0 Å². The van der Waals surface area contributed by atoms with Crippen LogP contribution in [0.25, 0.3) is 0 Å². The molecule has 1 saturated carbocycles. The van der Waals surface area contributed by atoms with Crippen molar-refractivity contribution in [2.45, 2.75) is 46.1 Å². The average Bonchev–Trinajstić information content (AvgIpc) is 2.29. The number of benzene rings is 1. The number of hydrogen-bond acceptors (Lipinski definition) is 1. The minimum Gasteiger partial charge on any atom is -0.392 e. The summed E-state index contributed by atoms with van der Waals surface area (Å²) in [5, 5.41) is 9.98. The number of aryl methyl sites for hydroxylation is 1. The van der Waals surface area contributed by atoms with Crippen LogP contribution in [-0.2, 0) is 6.42 Å². The molecular formula is C15H22O. The zero-order valence-corrected chi connectivity index (χ0v) is 10.7. The van der Waals surface area contributed by atoms with Gasteiger partial charge in [0.25, 0.3) is 0 Å². The van der Waals surface area contributed by atoms with Gasteiger partial charge < -0.3 is 5.11 Å². The first-order valence-corrected chi connectivity index (χ1v) is 6.25. The predicted octanol–water partition coefficient (Wildman–Crippen LogP) is 3.37. The van der Waals surface area contributed by atoms with E-state index >= 15 is 0 Å². The Hall–Kier alpha value is -0.820. The molecule has 0 heterocycles. The fraction of sp³-hybridized carbons (Fsp3) is 0.600. The maximum Gasteiger partial charge on any atom is 0.0628 e. The maximum atomic E-state index is 9.98. The van der Waals surface area contributed by atoms with E-state index in [0.717, 1.165) is 6.42 Å². The molecule has 1 heteroatoms. The highest BCUT2D eigenvalue weighted by Gasteiger charge is 2.53. The summed E-state index contributed by atoms with van der Waals surface area (Å²) in [6, 6.07) is 8.88. The Balaban J connectivity index is 2.24. The first-order valence-electron chi connectivity index (χ1n) is 6.25. The van der Waals surface area contributed by atoms with Crippen molar-refractivity contribution in [2.75, 3.05) is 0 Å². The van der Waals surface area contributed by atoms with Crippen molar-refractivity contribution in [3.8, 4) is 0 Å². The summed E-state index contributed by atoms with van der Waals surface area (Å²) in [5.74, 6) is 0.871. The van der Waals surface area contributed by atoms with Crippen LogP contribution < -0.4 is 0 Å². The van der Waals surface area contributed by atoms with E-state index in [1.807, 2.05) is 0 Å². The molecule has 3 unspecified atom stereocenters. The van der Waals surface area contributed by atoms with Gasteiger partial charge >= 0.3 is 0 Å². The number of hydrogen-bond donors (Lipinski definition) is 1. The molecular weight excluding hydrogens is 196 g/mol. The van der Waals surface area contributed by atoms with Gasteiger partial charge in [-0.25, -0.2) is 0 Å². The summed E-state index contributed by atoms with van der Waals surface area (Å²) >= 11 is 0. The lowest BCUT2D eigenvalue weighted by atomic mass is 9.52. The van der Waals surface area contributed by atoms with Crippen LogP contribution in [0.15, 0.2) is 24.3 Å². The highest BCUT2D eigenvalue weighted by Crippen LogP contribution is 2.56. The molecule has 3 atom stereocenters. The molecule has 1 aliphatic carbocycles. The first-order chi connectivity index (χ1) is 7.48. The van der Waals surface area contributed by atoms with Crippen molar-refractivity contribution in [3.63, 3.8) is 0 Å². The lowest BCUT2D eigenvalue weighted by molar-refractivity contribution is -0.115. The predicted molar refractivity (Wildman–Crippen MR) is 67.5 cm³/mol. The molecule has 0 amide bonds. The van der Waals surface area contributed by atoms with Gasteiger partial charge in [0.2, 0.25) is 0 Å². The van der Waals surface area contributed by atoms with Crippen LogP contribution in [0.2, 0.25) is 0 Å². The van der Waals surface area contributed by atoms with Gasteiger partial charge in [-0.2, -0.15) is 0 Å². The van der Waals surface area contributed by atoms with Crippen molar-refractivity contribution >= 4 is 0 Å². The van der Waals surface area contributed by atoms with Gasteiger partial charge in [0.05, 0.1) is 6.10 Å². The number of aliphatic hydroxyl groups excluding tert-OH is 1. The standard InChI is InChI=1S/C15H22O/c1-5-11-6-8-12(9-7-11)13-10(2)14(16)15(13,3)4/h6-10,13-14,16H,5H2,1-4H3. The Kier molecular flexibility index (Phi) is 2.83. The fourth-order valence-electron chi connectivity index (χ4n) is 3.30. The molecule has 1 nitrogen and oxygen atoms in total. The zero-order chi connectivity index (χ0) is 11.9. The first kappa shape index (κ1) is 11.7. The Morgan fingerprint density at radius 1 is 1.19 bits per heavy atom. The summed E-state index contributed by atoms with van der Waals surface area (Å²) < 4.78 is 0. The minimum absolute atomic E-state index is 0.0210. The van der Waals surface area contributed by atoms with Crippen LogP contribution in [-0.4, -0.2) is 11.2 Å². The lowest BCUT2D eigenvalue weighted by Gasteiger charge is -2.55. The quantitative estimate of drug-likeness (QED) is 0.807. The van der Waals surface area contributed by atoms with Crippen LogP contribution in [0.4, 0.5) is 0 Å². The molecule has 0 aliphatic heterocycles. The zero-order valence-electron chi connectivity index (χ0n) is 10.7. The highest BCUT2D eigenvalue weighted by molar-refractivity contribution is 5.31. The molecule has 88 valence electrons. The third kappa shape index (κ3) is 1.58. The van der Waals surface area contributed by atoms with Crippen molar-refractivity contribution in [2.24, 2.45) is 11.3 Å². The Labute approximate surface area is 98.5 Å². The van der Waals surface area contributed by atoms with Crippen molar-refractivity contribution < 1.29 is 5.11 Å². The molecule has 0 aromatic heterocycles. The summed E-state index contributed by atoms with van der Waals surface area (Å²) in [7, 11) is 0. The van der Waals surface area contributed by atoms with Crippen molar-refractivity contribution in [1.29, 1.82) is 0 Å². The summed E-state index contributed by atoms with van der Waals surface area (Å²) in [4.78, 5) is 0. The van der Waals surface area contributed by atoms with Crippen LogP contribution in [0.1, 0.15) is 44.7 Å². The van der Waals surface area contributed by atoms with E-state index in [9.17, 15) is 5.11 Å². The molecule has 2 rings (SSSR count). The van der Waals surface area contributed by atoms with E-state index in [1.54, 1.807) is 0 Å². The van der Waals surface area contributed by atoms with Gasteiger partial charge in [0.15, 0.2) is 0 Å². The van der Waals surface area contributed by atoms with Gasteiger partial charge in [0.1, 0.15) is 0 Å². The molecule has 1 aromatic carbocycles. The van der Waals surface area contributed by atoms with Crippen molar-refractivity contribution in [1.82, 2.24) is 0 Å². The number of rotatable bonds is 2. The Morgan fingerprint density at radius 2 is 1.75 bits per heavy atom. The van der Waals surface area contributed by atoms with E-state index in [4.69, 9.17) is 0 Å². The molecule has 0 radical (unpaired) electrons. The van der Waals surface area contributed by atoms with E-state index in [-0.39, 0.29) is 11.5 Å². The van der Waals surface area contributed by atoms with E-state index in [2.05, 4.69) is 52.0 Å². The summed E-state index contributed by atoms with van der Waals surface area (Å²) in [5.41, 5.74) is 2.78. The van der Waals surface area contributed by atoms with Gasteiger partial charge in [-0.1, -0.05) is 52.0 Å². The van der Waals surface area contributed by atoms with Crippen molar-refractivity contribution in [3.05, 3.63) is 35.4 Å². The fourth-order valence-corrected chi connectivity index (χ4v) is 3.30. The van der Waals surface area contributed by atoms with Crippen LogP contribution in [0, 0.1) is 11.3 Å². The normalized spacial score (nSPS) is 32.2. The second kappa shape index (κ2) is 3.89. The maximum absolute atomic E-state index is 9.98. The Morgan fingerprint density at radius 3 is 2.19 bits per heavy atom. The molecule has 0 saturated heterocycles. The topological polar surface area (TPSA) is 20.2 Å². The molecule has 1 fully saturated rings. The SMILES string of the molecule is CCc1ccc(C2C(C)C(O)C2(C)C)cc1. The van der Waals surface area contributed by atoms with Crippen LogP contribution >= 0.6 is 0 Å². The van der Waals surface area contributed by atoms with E-state index in [0.29, 0.717) is 11.8 Å². The van der Waals surface area contributed by atoms with Gasteiger partial charge in [0, 0.05) is 0 Å². The third-order valence-corrected chi connectivity index (χ3v) is 4.33. The molecule has 1 aromatic rings. The van der Waals surface area contributed by atoms with Gasteiger partial charge in [-0.15, -0.1) is 0 Å². The molecule has 1 N–H and O–H groups in total. The monoisotopic (exact) mass is 218 g/mol. The number of aliphatic hydroxyl groups is 1. The molecule has 0 spiro atoms. The molecule has 16 heavy (non-hydrogen) atoms.